The van der Waals surface area contributed by atoms with Crippen LogP contribution in [-0.4, -0.2) is 22.4 Å². The first kappa shape index (κ1) is 16.5. The lowest BCUT2D eigenvalue weighted by molar-refractivity contribution is -0.117. The van der Waals surface area contributed by atoms with Crippen LogP contribution in [0.15, 0.2) is 29.1 Å². The van der Waals surface area contributed by atoms with Crippen molar-refractivity contribution in [2.24, 2.45) is 0 Å². The lowest BCUT2D eigenvalue weighted by Gasteiger charge is -2.16. The van der Waals surface area contributed by atoms with Gasteiger partial charge in [-0.05, 0) is 55.5 Å². The predicted molar refractivity (Wildman–Crippen MR) is 108 cm³/mol. The monoisotopic (exact) mass is 380 g/mol. The first-order valence-corrected chi connectivity index (χ1v) is 10.2. The van der Waals surface area contributed by atoms with E-state index in [0.29, 0.717) is 18.8 Å². The van der Waals surface area contributed by atoms with Gasteiger partial charge in [-0.1, -0.05) is 0 Å². The molecule has 6 nitrogen and oxygen atoms in total. The molecule has 2 aromatic heterocycles. The van der Waals surface area contributed by atoms with E-state index in [0.717, 1.165) is 53.8 Å². The topological polar surface area (TPSA) is 78.1 Å². The lowest BCUT2D eigenvalue weighted by Crippen LogP contribution is -2.23. The van der Waals surface area contributed by atoms with Crippen LogP contribution in [-0.2, 0) is 24.2 Å². The van der Waals surface area contributed by atoms with Gasteiger partial charge >= 0.3 is 0 Å². The summed E-state index contributed by atoms with van der Waals surface area (Å²) in [5, 5.41) is 4.09. The molecular weight excluding hydrogens is 360 g/mol. The van der Waals surface area contributed by atoms with E-state index in [4.69, 9.17) is 0 Å². The minimum absolute atomic E-state index is 0.0286. The van der Waals surface area contributed by atoms with E-state index in [1.165, 1.54) is 10.4 Å². The number of fused-ring (bicyclic) bond motifs is 3. The van der Waals surface area contributed by atoms with Crippen molar-refractivity contribution >= 4 is 38.8 Å². The summed E-state index contributed by atoms with van der Waals surface area (Å²) in [7, 11) is 0. The van der Waals surface area contributed by atoms with Gasteiger partial charge in [0.25, 0.3) is 5.56 Å². The van der Waals surface area contributed by atoms with E-state index < -0.39 is 0 Å². The molecule has 3 aromatic rings. The van der Waals surface area contributed by atoms with Gasteiger partial charge in [0.05, 0.1) is 11.9 Å². The number of H-pyrrole nitrogens is 1. The number of carbonyl (C=O) groups is 1. The number of hydrogen-bond donors (Lipinski definition) is 2. The number of carbonyl (C=O) groups excluding carboxylic acids is 1. The molecule has 2 aliphatic rings. The van der Waals surface area contributed by atoms with E-state index >= 15 is 0 Å². The third-order valence-electron chi connectivity index (χ3n) is 5.34. The van der Waals surface area contributed by atoms with Crippen molar-refractivity contribution in [1.29, 1.82) is 0 Å². The second-order valence-electron chi connectivity index (χ2n) is 7.10. The third-order valence-corrected chi connectivity index (χ3v) is 6.52. The maximum Gasteiger partial charge on any atom is 0.259 e. The van der Waals surface area contributed by atoms with Gasteiger partial charge < -0.3 is 15.2 Å². The third kappa shape index (κ3) is 2.92. The number of aryl methyl sites for hydroxylation is 2. The van der Waals surface area contributed by atoms with Crippen LogP contribution in [0.1, 0.15) is 35.5 Å². The molecule has 1 saturated heterocycles. The van der Waals surface area contributed by atoms with Crippen LogP contribution < -0.4 is 15.8 Å². The molecule has 138 valence electrons. The standard InChI is InChI=1S/C20H20N4O2S/c25-17-5-2-10-24(17)13-8-6-12(7-9-13)21-11-16-22-19(26)18-14-3-1-4-15(14)27-20(18)23-16/h6-9,21H,1-5,10-11H2,(H,22,23,26). The molecule has 0 unspecified atom stereocenters. The Morgan fingerprint density at radius 1 is 1.11 bits per heavy atom. The maximum atomic E-state index is 12.5. The van der Waals surface area contributed by atoms with Crippen molar-refractivity contribution in [3.05, 3.63) is 50.9 Å². The molecule has 0 radical (unpaired) electrons. The molecule has 0 bridgehead atoms. The number of nitrogens with one attached hydrogen (secondary N) is 2. The Hall–Kier alpha value is -2.67. The van der Waals surface area contributed by atoms with Crippen molar-refractivity contribution in [2.75, 3.05) is 16.8 Å². The van der Waals surface area contributed by atoms with Gasteiger partial charge in [-0.2, -0.15) is 0 Å². The molecule has 0 atom stereocenters. The molecule has 3 heterocycles. The Labute approximate surface area is 160 Å². The number of thiophene rings is 1. The molecule has 27 heavy (non-hydrogen) atoms. The normalized spacial score (nSPS) is 16.3. The number of aromatic amines is 1. The van der Waals surface area contributed by atoms with E-state index in [9.17, 15) is 9.59 Å². The second-order valence-corrected chi connectivity index (χ2v) is 8.18. The zero-order valence-corrected chi connectivity index (χ0v) is 15.7. The number of benzene rings is 1. The Bertz CT molecular complexity index is 1080. The zero-order valence-electron chi connectivity index (χ0n) is 14.9. The quantitative estimate of drug-likeness (QED) is 0.729. The van der Waals surface area contributed by atoms with Crippen LogP contribution in [0.5, 0.6) is 0 Å². The first-order valence-electron chi connectivity index (χ1n) is 9.37. The fourth-order valence-electron chi connectivity index (χ4n) is 4.00. The van der Waals surface area contributed by atoms with E-state index in [1.807, 2.05) is 29.2 Å². The van der Waals surface area contributed by atoms with E-state index in [2.05, 4.69) is 15.3 Å². The largest absolute Gasteiger partial charge is 0.378 e. The van der Waals surface area contributed by atoms with Crippen LogP contribution in [0, 0.1) is 0 Å². The molecule has 1 aliphatic carbocycles. The van der Waals surface area contributed by atoms with Crippen molar-refractivity contribution in [2.45, 2.75) is 38.6 Å². The molecule has 5 rings (SSSR count). The molecule has 1 fully saturated rings. The Kier molecular flexibility index (Phi) is 3.97. The average Bonchev–Trinajstić information content (AvgIpc) is 3.36. The fourth-order valence-corrected chi connectivity index (χ4v) is 5.28. The molecule has 2 N–H and O–H groups in total. The number of anilines is 2. The molecule has 1 aromatic carbocycles. The summed E-state index contributed by atoms with van der Waals surface area (Å²) in [6.07, 6.45) is 4.75. The van der Waals surface area contributed by atoms with Gasteiger partial charge in [-0.15, -0.1) is 11.3 Å². The van der Waals surface area contributed by atoms with Crippen LogP contribution in [0.2, 0.25) is 0 Å². The Balaban J connectivity index is 1.32. The lowest BCUT2D eigenvalue weighted by atomic mass is 10.2. The zero-order chi connectivity index (χ0) is 18.4. The SMILES string of the molecule is O=C1CCCN1c1ccc(NCc2nc3sc4c(c3c(=O)[nH]2)CCC4)cc1. The van der Waals surface area contributed by atoms with Crippen LogP contribution in [0.3, 0.4) is 0 Å². The Morgan fingerprint density at radius 2 is 1.96 bits per heavy atom. The first-order chi connectivity index (χ1) is 13.2. The van der Waals surface area contributed by atoms with Crippen molar-refractivity contribution < 1.29 is 4.79 Å². The molecule has 1 aliphatic heterocycles. The minimum Gasteiger partial charge on any atom is -0.378 e. The summed E-state index contributed by atoms with van der Waals surface area (Å²) < 4.78 is 0. The number of rotatable bonds is 4. The van der Waals surface area contributed by atoms with Gasteiger partial charge in [0.2, 0.25) is 5.91 Å². The summed E-state index contributed by atoms with van der Waals surface area (Å²) in [5.74, 6) is 0.833. The van der Waals surface area contributed by atoms with Crippen molar-refractivity contribution in [1.82, 2.24) is 9.97 Å². The minimum atomic E-state index is -0.0286. The van der Waals surface area contributed by atoms with Crippen LogP contribution >= 0.6 is 11.3 Å². The van der Waals surface area contributed by atoms with Gasteiger partial charge in [0.15, 0.2) is 0 Å². The second kappa shape index (κ2) is 6.49. The fraction of sp³-hybridized carbons (Fsp3) is 0.350. The van der Waals surface area contributed by atoms with Crippen molar-refractivity contribution in [3.63, 3.8) is 0 Å². The highest BCUT2D eigenvalue weighted by Crippen LogP contribution is 2.34. The number of nitrogens with zero attached hydrogens (tertiary/aromatic N) is 2. The Morgan fingerprint density at radius 3 is 2.74 bits per heavy atom. The summed E-state index contributed by atoms with van der Waals surface area (Å²) in [5.41, 5.74) is 3.04. The highest BCUT2D eigenvalue weighted by atomic mass is 32.1. The molecule has 0 spiro atoms. The van der Waals surface area contributed by atoms with Gasteiger partial charge in [-0.3, -0.25) is 9.59 Å². The van der Waals surface area contributed by atoms with Crippen molar-refractivity contribution in [3.8, 4) is 0 Å². The average molecular weight is 380 g/mol. The number of amides is 1. The summed E-state index contributed by atoms with van der Waals surface area (Å²) in [6.45, 7) is 1.25. The van der Waals surface area contributed by atoms with Crippen LogP contribution in [0.25, 0.3) is 10.2 Å². The maximum absolute atomic E-state index is 12.5. The highest BCUT2D eigenvalue weighted by Gasteiger charge is 2.22. The van der Waals surface area contributed by atoms with Gasteiger partial charge in [-0.25, -0.2) is 4.98 Å². The van der Waals surface area contributed by atoms with Crippen LogP contribution in [0.4, 0.5) is 11.4 Å². The molecule has 0 saturated carbocycles. The number of hydrogen-bond acceptors (Lipinski definition) is 5. The predicted octanol–water partition coefficient (Wildman–Crippen LogP) is 3.21. The smallest absolute Gasteiger partial charge is 0.259 e. The van der Waals surface area contributed by atoms with Gasteiger partial charge in [0.1, 0.15) is 10.7 Å². The summed E-state index contributed by atoms with van der Waals surface area (Å²) in [4.78, 5) is 35.9. The van der Waals surface area contributed by atoms with Gasteiger partial charge in [0, 0.05) is 29.2 Å². The molecule has 7 heteroatoms. The van der Waals surface area contributed by atoms with E-state index in [1.54, 1.807) is 11.3 Å². The molecule has 1 amide bonds. The summed E-state index contributed by atoms with van der Waals surface area (Å²) >= 11 is 1.66. The van der Waals surface area contributed by atoms with E-state index in [-0.39, 0.29) is 11.5 Å². The highest BCUT2D eigenvalue weighted by molar-refractivity contribution is 7.18. The summed E-state index contributed by atoms with van der Waals surface area (Å²) in [6, 6.07) is 7.82. The number of aromatic nitrogens is 2. The molecular formula is C20H20N4O2S.